The molecule has 0 bridgehead atoms. The number of nitrogens with zero attached hydrogens (tertiary/aromatic N) is 2. The molecule has 1 aliphatic heterocycles. The van der Waals surface area contributed by atoms with Gasteiger partial charge in [-0.1, -0.05) is 0 Å². The van der Waals surface area contributed by atoms with Crippen LogP contribution in [0.2, 0.25) is 0 Å². The van der Waals surface area contributed by atoms with Crippen LogP contribution in [0.15, 0.2) is 21.5 Å². The highest BCUT2D eigenvalue weighted by molar-refractivity contribution is 5.24. The highest BCUT2D eigenvalue weighted by Gasteiger charge is 2.24. The topological polar surface area (TPSA) is 45.0 Å². The molecule has 1 aliphatic carbocycles. The summed E-state index contributed by atoms with van der Waals surface area (Å²) in [5.74, 6) is 0. The molecule has 11 heavy (non-hydrogen) atoms. The van der Waals surface area contributed by atoms with Crippen LogP contribution in [0.3, 0.4) is 0 Å². The number of hydrogen-bond donors (Lipinski definition) is 1. The van der Waals surface area contributed by atoms with Gasteiger partial charge in [-0.15, -0.1) is 0 Å². The van der Waals surface area contributed by atoms with Crippen molar-refractivity contribution in [1.29, 1.82) is 0 Å². The predicted molar refractivity (Wildman–Crippen MR) is 41.2 cm³/mol. The van der Waals surface area contributed by atoms with Crippen molar-refractivity contribution in [2.24, 2.45) is 10.2 Å². The zero-order chi connectivity index (χ0) is 7.68. The Balaban J connectivity index is 2.21. The molecule has 0 spiro atoms. The van der Waals surface area contributed by atoms with Gasteiger partial charge >= 0.3 is 0 Å². The van der Waals surface area contributed by atoms with E-state index in [2.05, 4.69) is 10.2 Å². The summed E-state index contributed by atoms with van der Waals surface area (Å²) in [5, 5.41) is 17.0. The minimum Gasteiger partial charge on any atom is -0.394 e. The van der Waals surface area contributed by atoms with Gasteiger partial charge in [-0.3, -0.25) is 0 Å². The lowest BCUT2D eigenvalue weighted by molar-refractivity contribution is 0.277. The summed E-state index contributed by atoms with van der Waals surface area (Å²) >= 11 is 0. The molecule has 0 radical (unpaired) electrons. The summed E-state index contributed by atoms with van der Waals surface area (Å²) in [6, 6.07) is 0.00491. The zero-order valence-electron chi connectivity index (χ0n) is 6.45. The van der Waals surface area contributed by atoms with E-state index in [0.29, 0.717) is 0 Å². The Kier molecular flexibility index (Phi) is 1.74. The number of rotatable bonds is 1. The Morgan fingerprint density at radius 2 is 2.18 bits per heavy atom. The normalized spacial score (nSPS) is 29.4. The molecule has 1 N–H and O–H groups in total. The van der Waals surface area contributed by atoms with Crippen molar-refractivity contribution in [1.82, 2.24) is 0 Å². The SMILES string of the molecule is OCC1N=NC2=C1CCCC2. The molecule has 0 aromatic rings. The van der Waals surface area contributed by atoms with Gasteiger partial charge in [0.1, 0.15) is 6.04 Å². The average molecular weight is 152 g/mol. The maximum absolute atomic E-state index is 8.92. The first kappa shape index (κ1) is 6.98. The summed E-state index contributed by atoms with van der Waals surface area (Å²) in [4.78, 5) is 0. The predicted octanol–water partition coefficient (Wildman–Crippen LogP) is 1.64. The van der Waals surface area contributed by atoms with Gasteiger partial charge in [0.15, 0.2) is 0 Å². The molecule has 1 heterocycles. The van der Waals surface area contributed by atoms with Gasteiger partial charge in [-0.05, 0) is 31.3 Å². The fourth-order valence-corrected chi connectivity index (χ4v) is 1.74. The van der Waals surface area contributed by atoms with Gasteiger partial charge < -0.3 is 5.11 Å². The molecule has 1 atom stereocenters. The second kappa shape index (κ2) is 2.74. The van der Waals surface area contributed by atoms with Crippen LogP contribution in [-0.4, -0.2) is 17.8 Å². The second-order valence-corrected chi connectivity index (χ2v) is 3.09. The molecule has 60 valence electrons. The number of aliphatic hydroxyl groups excluding tert-OH is 1. The van der Waals surface area contributed by atoms with E-state index in [-0.39, 0.29) is 12.6 Å². The number of hydrogen-bond acceptors (Lipinski definition) is 3. The monoisotopic (exact) mass is 152 g/mol. The zero-order valence-corrected chi connectivity index (χ0v) is 6.45. The number of aliphatic hydroxyl groups is 1. The number of azo groups is 1. The lowest BCUT2D eigenvalue weighted by atomic mass is 9.93. The molecule has 3 nitrogen and oxygen atoms in total. The van der Waals surface area contributed by atoms with E-state index in [1.54, 1.807) is 0 Å². The molecule has 0 amide bonds. The van der Waals surface area contributed by atoms with Crippen molar-refractivity contribution >= 4 is 0 Å². The molecule has 0 saturated heterocycles. The Morgan fingerprint density at radius 1 is 1.36 bits per heavy atom. The Labute approximate surface area is 65.8 Å². The molecule has 0 aromatic carbocycles. The van der Waals surface area contributed by atoms with E-state index < -0.39 is 0 Å². The summed E-state index contributed by atoms with van der Waals surface area (Å²) < 4.78 is 0. The van der Waals surface area contributed by atoms with Crippen molar-refractivity contribution in [3.63, 3.8) is 0 Å². The van der Waals surface area contributed by atoms with Crippen molar-refractivity contribution in [3.8, 4) is 0 Å². The van der Waals surface area contributed by atoms with Gasteiger partial charge in [0.2, 0.25) is 0 Å². The van der Waals surface area contributed by atoms with Crippen LogP contribution < -0.4 is 0 Å². The van der Waals surface area contributed by atoms with Crippen LogP contribution in [0, 0.1) is 0 Å². The Hall–Kier alpha value is -0.700. The fraction of sp³-hybridized carbons (Fsp3) is 0.750. The molecule has 0 aromatic heterocycles. The first-order chi connectivity index (χ1) is 5.42. The Morgan fingerprint density at radius 3 is 3.00 bits per heavy atom. The largest absolute Gasteiger partial charge is 0.394 e. The third-order valence-corrected chi connectivity index (χ3v) is 2.37. The molecule has 0 fully saturated rings. The van der Waals surface area contributed by atoms with Crippen LogP contribution in [0.5, 0.6) is 0 Å². The maximum atomic E-state index is 8.92. The highest BCUT2D eigenvalue weighted by Crippen LogP contribution is 2.33. The summed E-state index contributed by atoms with van der Waals surface area (Å²) in [6.45, 7) is 0.127. The van der Waals surface area contributed by atoms with Crippen LogP contribution in [0.25, 0.3) is 0 Å². The van der Waals surface area contributed by atoms with Crippen molar-refractivity contribution < 1.29 is 5.11 Å². The lowest BCUT2D eigenvalue weighted by Gasteiger charge is -2.14. The van der Waals surface area contributed by atoms with Gasteiger partial charge in [-0.25, -0.2) is 0 Å². The quantitative estimate of drug-likeness (QED) is 0.610. The first-order valence-corrected chi connectivity index (χ1v) is 4.15. The van der Waals surface area contributed by atoms with E-state index >= 15 is 0 Å². The summed E-state index contributed by atoms with van der Waals surface area (Å²) in [7, 11) is 0. The van der Waals surface area contributed by atoms with Crippen LogP contribution in [0.4, 0.5) is 0 Å². The molecule has 2 aliphatic rings. The van der Waals surface area contributed by atoms with Crippen molar-refractivity contribution in [2.45, 2.75) is 31.7 Å². The van der Waals surface area contributed by atoms with Crippen LogP contribution in [-0.2, 0) is 0 Å². The summed E-state index contributed by atoms with van der Waals surface area (Å²) in [5.41, 5.74) is 2.44. The van der Waals surface area contributed by atoms with Crippen molar-refractivity contribution in [2.75, 3.05) is 6.61 Å². The van der Waals surface area contributed by atoms with E-state index in [4.69, 9.17) is 5.11 Å². The molecule has 1 unspecified atom stereocenters. The number of allylic oxidation sites excluding steroid dienone is 1. The Bertz CT molecular complexity index is 220. The minimum atomic E-state index is 0.00491. The smallest absolute Gasteiger partial charge is 0.117 e. The van der Waals surface area contributed by atoms with Gasteiger partial charge in [0.05, 0.1) is 12.3 Å². The second-order valence-electron chi connectivity index (χ2n) is 3.09. The maximum Gasteiger partial charge on any atom is 0.117 e. The van der Waals surface area contributed by atoms with Crippen molar-refractivity contribution in [3.05, 3.63) is 11.3 Å². The molecular weight excluding hydrogens is 140 g/mol. The van der Waals surface area contributed by atoms with Gasteiger partial charge in [0.25, 0.3) is 0 Å². The van der Waals surface area contributed by atoms with E-state index in [0.717, 1.165) is 18.5 Å². The third kappa shape index (κ3) is 1.09. The highest BCUT2D eigenvalue weighted by atomic mass is 16.3. The van der Waals surface area contributed by atoms with E-state index in [9.17, 15) is 0 Å². The van der Waals surface area contributed by atoms with Crippen LogP contribution in [0.1, 0.15) is 25.7 Å². The minimum absolute atomic E-state index is 0.00491. The molecular formula is C8H12N2O. The standard InChI is InChI=1S/C8H12N2O/c11-5-8-6-3-1-2-4-7(6)9-10-8/h8,11H,1-5H2. The molecule has 2 rings (SSSR count). The van der Waals surface area contributed by atoms with E-state index in [1.165, 1.54) is 18.4 Å². The average Bonchev–Trinajstić information content (AvgIpc) is 2.47. The molecule has 3 heteroatoms. The molecule has 0 saturated carbocycles. The lowest BCUT2D eigenvalue weighted by Crippen LogP contribution is -2.12. The van der Waals surface area contributed by atoms with Crippen LogP contribution >= 0.6 is 0 Å². The van der Waals surface area contributed by atoms with E-state index in [1.807, 2.05) is 0 Å². The fourth-order valence-electron chi connectivity index (χ4n) is 1.74. The first-order valence-electron chi connectivity index (χ1n) is 4.15. The third-order valence-electron chi connectivity index (χ3n) is 2.37. The van der Waals surface area contributed by atoms with Gasteiger partial charge in [0, 0.05) is 0 Å². The van der Waals surface area contributed by atoms with Gasteiger partial charge in [-0.2, -0.15) is 10.2 Å². The summed E-state index contributed by atoms with van der Waals surface area (Å²) in [6.07, 6.45) is 4.62.